The van der Waals surface area contributed by atoms with E-state index < -0.39 is 21.8 Å². The van der Waals surface area contributed by atoms with Crippen LogP contribution in [-0.4, -0.2) is 47.0 Å². The van der Waals surface area contributed by atoms with Gasteiger partial charge in [0.05, 0.1) is 11.5 Å². The standard InChI is InChI=1S/C18H20N2O6S/c1-25-10-11-26-18(22)20-15-5-3-4-14(12-15)19-17(21)13-6-8-16(9-7-13)27(2,23)24/h3-9,12H,10-11H2,1-2H3,(H,19,21)(H,20,22). The van der Waals surface area contributed by atoms with Crippen molar-refractivity contribution in [2.75, 3.05) is 37.2 Å². The quantitative estimate of drug-likeness (QED) is 0.701. The lowest BCUT2D eigenvalue weighted by molar-refractivity contribution is 0.102. The van der Waals surface area contributed by atoms with E-state index in [1.54, 1.807) is 24.3 Å². The van der Waals surface area contributed by atoms with E-state index in [4.69, 9.17) is 9.47 Å². The fourth-order valence-electron chi connectivity index (χ4n) is 2.10. The van der Waals surface area contributed by atoms with Crippen LogP contribution >= 0.6 is 0 Å². The van der Waals surface area contributed by atoms with E-state index in [0.717, 1.165) is 6.26 Å². The van der Waals surface area contributed by atoms with Crippen molar-refractivity contribution in [1.82, 2.24) is 0 Å². The van der Waals surface area contributed by atoms with Crippen LogP contribution in [-0.2, 0) is 19.3 Å². The highest BCUT2D eigenvalue weighted by molar-refractivity contribution is 7.90. The van der Waals surface area contributed by atoms with Crippen molar-refractivity contribution < 1.29 is 27.5 Å². The highest BCUT2D eigenvalue weighted by Gasteiger charge is 2.11. The second-order valence-electron chi connectivity index (χ2n) is 5.59. The van der Waals surface area contributed by atoms with Gasteiger partial charge in [0.25, 0.3) is 5.91 Å². The number of sulfone groups is 1. The summed E-state index contributed by atoms with van der Waals surface area (Å²) in [6.45, 7) is 0.421. The molecule has 2 N–H and O–H groups in total. The number of benzene rings is 2. The number of carbonyl (C=O) groups is 2. The van der Waals surface area contributed by atoms with Gasteiger partial charge >= 0.3 is 6.09 Å². The maximum absolute atomic E-state index is 12.3. The SMILES string of the molecule is COCCOC(=O)Nc1cccc(NC(=O)c2ccc(S(C)(=O)=O)cc2)c1. The maximum Gasteiger partial charge on any atom is 0.411 e. The molecular formula is C18H20N2O6S. The van der Waals surface area contributed by atoms with Crippen molar-refractivity contribution >= 4 is 33.2 Å². The first kappa shape index (κ1) is 20.4. The fourth-order valence-corrected chi connectivity index (χ4v) is 2.73. The Balaban J connectivity index is 2.00. The molecule has 2 rings (SSSR count). The van der Waals surface area contributed by atoms with Crippen molar-refractivity contribution in [1.29, 1.82) is 0 Å². The van der Waals surface area contributed by atoms with Crippen LogP contribution < -0.4 is 10.6 Å². The number of nitrogens with one attached hydrogen (secondary N) is 2. The number of hydrogen-bond donors (Lipinski definition) is 2. The molecule has 2 aromatic carbocycles. The number of rotatable bonds is 7. The van der Waals surface area contributed by atoms with E-state index in [2.05, 4.69) is 10.6 Å². The highest BCUT2D eigenvalue weighted by atomic mass is 32.2. The van der Waals surface area contributed by atoms with Gasteiger partial charge in [-0.15, -0.1) is 0 Å². The molecule has 0 aliphatic rings. The summed E-state index contributed by atoms with van der Waals surface area (Å²) in [5.41, 5.74) is 1.21. The van der Waals surface area contributed by atoms with Gasteiger partial charge in [0, 0.05) is 30.3 Å². The minimum Gasteiger partial charge on any atom is -0.447 e. The minimum absolute atomic E-state index is 0.127. The van der Waals surface area contributed by atoms with Crippen LogP contribution in [0.4, 0.5) is 16.2 Å². The lowest BCUT2D eigenvalue weighted by atomic mass is 10.2. The van der Waals surface area contributed by atoms with E-state index in [1.807, 2.05) is 0 Å². The van der Waals surface area contributed by atoms with E-state index in [9.17, 15) is 18.0 Å². The number of methoxy groups -OCH3 is 1. The monoisotopic (exact) mass is 392 g/mol. The van der Waals surface area contributed by atoms with Crippen LogP contribution in [0.3, 0.4) is 0 Å². The van der Waals surface area contributed by atoms with Gasteiger partial charge in [-0.1, -0.05) is 6.07 Å². The molecule has 0 radical (unpaired) electrons. The van der Waals surface area contributed by atoms with Crippen molar-refractivity contribution in [2.24, 2.45) is 0 Å². The third-order valence-corrected chi connectivity index (χ3v) is 4.56. The number of carbonyl (C=O) groups excluding carboxylic acids is 2. The van der Waals surface area contributed by atoms with E-state index in [-0.39, 0.29) is 11.5 Å². The van der Waals surface area contributed by atoms with E-state index in [0.29, 0.717) is 23.5 Å². The molecule has 2 amide bonds. The molecule has 0 atom stereocenters. The molecule has 0 unspecified atom stereocenters. The Labute approximate surface area is 157 Å². The maximum atomic E-state index is 12.3. The third-order valence-electron chi connectivity index (χ3n) is 3.43. The molecule has 0 aromatic heterocycles. The first-order valence-electron chi connectivity index (χ1n) is 7.94. The van der Waals surface area contributed by atoms with Gasteiger partial charge in [-0.3, -0.25) is 10.1 Å². The molecule has 27 heavy (non-hydrogen) atoms. The van der Waals surface area contributed by atoms with Gasteiger partial charge in [0.2, 0.25) is 0 Å². The number of anilines is 2. The molecular weight excluding hydrogens is 372 g/mol. The van der Waals surface area contributed by atoms with Crippen LogP contribution in [0.5, 0.6) is 0 Å². The molecule has 0 saturated heterocycles. The fraction of sp³-hybridized carbons (Fsp3) is 0.222. The lowest BCUT2D eigenvalue weighted by Crippen LogP contribution is -2.17. The van der Waals surface area contributed by atoms with Gasteiger partial charge in [0.15, 0.2) is 9.84 Å². The van der Waals surface area contributed by atoms with E-state index in [1.165, 1.54) is 31.4 Å². The lowest BCUT2D eigenvalue weighted by Gasteiger charge is -2.09. The Morgan fingerprint density at radius 3 is 2.19 bits per heavy atom. The Morgan fingerprint density at radius 2 is 1.59 bits per heavy atom. The second kappa shape index (κ2) is 9.15. The molecule has 0 bridgehead atoms. The van der Waals surface area contributed by atoms with E-state index >= 15 is 0 Å². The predicted molar refractivity (Wildman–Crippen MR) is 101 cm³/mol. The van der Waals surface area contributed by atoms with Crippen LogP contribution in [0.15, 0.2) is 53.4 Å². The van der Waals surface area contributed by atoms with Gasteiger partial charge < -0.3 is 14.8 Å². The summed E-state index contributed by atoms with van der Waals surface area (Å²) in [6, 6.07) is 12.1. The topological polar surface area (TPSA) is 111 Å². The Hall–Kier alpha value is -2.91. The molecule has 8 nitrogen and oxygen atoms in total. The number of hydrogen-bond acceptors (Lipinski definition) is 6. The summed E-state index contributed by atoms with van der Waals surface area (Å²) in [6.07, 6.45) is 0.466. The Bertz CT molecular complexity index is 910. The average Bonchev–Trinajstić information content (AvgIpc) is 2.61. The molecule has 2 aromatic rings. The normalized spacial score (nSPS) is 10.9. The van der Waals surface area contributed by atoms with Crippen molar-refractivity contribution in [3.63, 3.8) is 0 Å². The number of ether oxygens (including phenoxy) is 2. The smallest absolute Gasteiger partial charge is 0.411 e. The zero-order chi connectivity index (χ0) is 19.9. The average molecular weight is 392 g/mol. The molecule has 9 heteroatoms. The summed E-state index contributed by atoms with van der Waals surface area (Å²) in [5, 5.41) is 5.23. The summed E-state index contributed by atoms with van der Waals surface area (Å²) >= 11 is 0. The Morgan fingerprint density at radius 1 is 0.963 bits per heavy atom. The molecule has 144 valence electrons. The summed E-state index contributed by atoms with van der Waals surface area (Å²) in [5.74, 6) is -0.408. The van der Waals surface area contributed by atoms with Crippen LogP contribution in [0, 0.1) is 0 Å². The van der Waals surface area contributed by atoms with Crippen LogP contribution in [0.2, 0.25) is 0 Å². The molecule has 0 heterocycles. The second-order valence-corrected chi connectivity index (χ2v) is 7.60. The summed E-state index contributed by atoms with van der Waals surface area (Å²) in [4.78, 5) is 24.1. The third kappa shape index (κ3) is 6.39. The zero-order valence-corrected chi connectivity index (χ0v) is 15.7. The van der Waals surface area contributed by atoms with Crippen molar-refractivity contribution in [3.05, 3.63) is 54.1 Å². The van der Waals surface area contributed by atoms with Gasteiger partial charge in [-0.2, -0.15) is 0 Å². The molecule has 0 aliphatic carbocycles. The Kier molecular flexibility index (Phi) is 6.91. The molecule has 0 fully saturated rings. The first-order chi connectivity index (χ1) is 12.8. The van der Waals surface area contributed by atoms with Crippen molar-refractivity contribution in [3.8, 4) is 0 Å². The van der Waals surface area contributed by atoms with Gasteiger partial charge in [-0.05, 0) is 42.5 Å². The van der Waals surface area contributed by atoms with Gasteiger partial charge in [0.1, 0.15) is 6.61 Å². The largest absolute Gasteiger partial charge is 0.447 e. The van der Waals surface area contributed by atoms with Crippen LogP contribution in [0.1, 0.15) is 10.4 Å². The minimum atomic E-state index is -3.32. The van der Waals surface area contributed by atoms with Gasteiger partial charge in [-0.25, -0.2) is 13.2 Å². The summed E-state index contributed by atoms with van der Waals surface area (Å²) < 4.78 is 32.6. The first-order valence-corrected chi connectivity index (χ1v) is 9.83. The number of amides is 2. The van der Waals surface area contributed by atoms with Crippen molar-refractivity contribution in [2.45, 2.75) is 4.90 Å². The predicted octanol–water partition coefficient (Wildman–Crippen LogP) is 2.54. The highest BCUT2D eigenvalue weighted by Crippen LogP contribution is 2.17. The van der Waals surface area contributed by atoms with Crippen LogP contribution in [0.25, 0.3) is 0 Å². The molecule has 0 aliphatic heterocycles. The summed E-state index contributed by atoms with van der Waals surface area (Å²) in [7, 11) is -1.82. The molecule has 0 spiro atoms. The molecule has 0 saturated carbocycles. The zero-order valence-electron chi connectivity index (χ0n) is 14.9.